The highest BCUT2D eigenvalue weighted by molar-refractivity contribution is 9.10. The highest BCUT2D eigenvalue weighted by Gasteiger charge is 2.22. The van der Waals surface area contributed by atoms with E-state index in [-0.39, 0.29) is 12.1 Å². The number of aliphatic hydroxyl groups is 1. The van der Waals surface area contributed by atoms with Crippen molar-refractivity contribution in [1.29, 1.82) is 0 Å². The van der Waals surface area contributed by atoms with Crippen molar-refractivity contribution in [2.24, 2.45) is 0 Å². The number of hydrogen-bond acceptors (Lipinski definition) is 5. The molecule has 9 heteroatoms. The third kappa shape index (κ3) is 3.67. The summed E-state index contributed by atoms with van der Waals surface area (Å²) in [6.45, 7) is 0.947. The molecule has 2 N–H and O–H groups in total. The van der Waals surface area contributed by atoms with E-state index in [1.54, 1.807) is 13.0 Å². The molecule has 0 aliphatic rings. The Morgan fingerprint density at radius 1 is 1.43 bits per heavy atom. The molecule has 2 aromatic rings. The molecule has 0 aliphatic carbocycles. The number of nitrogens with zero attached hydrogens (tertiary/aromatic N) is 1. The van der Waals surface area contributed by atoms with E-state index >= 15 is 0 Å². The maximum Gasteiger partial charge on any atom is 0.243 e. The summed E-state index contributed by atoms with van der Waals surface area (Å²) in [7, 11) is -4.08. The van der Waals surface area contributed by atoms with Crippen molar-refractivity contribution in [1.82, 2.24) is 9.88 Å². The number of halogens is 2. The first-order valence-electron chi connectivity index (χ1n) is 5.84. The van der Waals surface area contributed by atoms with Crippen LogP contribution in [0.15, 0.2) is 32.1 Å². The molecule has 0 aliphatic heterocycles. The fourth-order valence-electron chi connectivity index (χ4n) is 1.68. The van der Waals surface area contributed by atoms with E-state index in [9.17, 15) is 12.8 Å². The second-order valence-electron chi connectivity index (χ2n) is 4.29. The molecular formula is C12H12BrFN2O4S. The van der Waals surface area contributed by atoms with Crippen LogP contribution in [0.3, 0.4) is 0 Å². The quantitative estimate of drug-likeness (QED) is 0.828. The summed E-state index contributed by atoms with van der Waals surface area (Å²) < 4.78 is 45.7. The second kappa shape index (κ2) is 6.22. The molecule has 1 heterocycles. The van der Waals surface area contributed by atoms with E-state index in [4.69, 9.17) is 9.63 Å². The number of sulfonamides is 1. The molecule has 1 aromatic carbocycles. The van der Waals surface area contributed by atoms with Crippen LogP contribution in [0.2, 0.25) is 0 Å². The minimum absolute atomic E-state index is 0.109. The average Bonchev–Trinajstić information content (AvgIpc) is 2.84. The molecule has 0 saturated heterocycles. The van der Waals surface area contributed by atoms with E-state index in [0.29, 0.717) is 15.9 Å². The van der Waals surface area contributed by atoms with Crippen LogP contribution in [0, 0.1) is 12.7 Å². The second-order valence-corrected chi connectivity index (χ2v) is 6.94. The molecule has 0 saturated carbocycles. The standard InChI is InChI=1S/C12H12BrFN2O4S/c1-7-2-10(16-20-7)5-15-21(18,19)11-4-9(13)3-8(6-17)12(11)14/h2-4,15,17H,5-6H2,1H3. The summed E-state index contributed by atoms with van der Waals surface area (Å²) >= 11 is 3.08. The smallest absolute Gasteiger partial charge is 0.243 e. The molecule has 0 bridgehead atoms. The first-order valence-corrected chi connectivity index (χ1v) is 8.11. The van der Waals surface area contributed by atoms with Crippen LogP contribution in [-0.4, -0.2) is 18.7 Å². The number of nitrogens with one attached hydrogen (secondary N) is 1. The molecule has 1 aromatic heterocycles. The summed E-state index contributed by atoms with van der Waals surface area (Å²) in [5, 5.41) is 12.7. The molecule has 114 valence electrons. The summed E-state index contributed by atoms with van der Waals surface area (Å²) in [6, 6.07) is 4.01. The minimum atomic E-state index is -4.08. The van der Waals surface area contributed by atoms with Crippen molar-refractivity contribution in [3.8, 4) is 0 Å². The molecule has 0 atom stereocenters. The van der Waals surface area contributed by atoms with Gasteiger partial charge in [-0.05, 0) is 19.1 Å². The summed E-state index contributed by atoms with van der Waals surface area (Å²) in [5.41, 5.74) is 0.274. The third-order valence-corrected chi connectivity index (χ3v) is 4.52. The van der Waals surface area contributed by atoms with Gasteiger partial charge in [0, 0.05) is 16.1 Å². The zero-order valence-electron chi connectivity index (χ0n) is 10.9. The molecule has 6 nitrogen and oxygen atoms in total. The molecule has 0 amide bonds. The Bertz CT molecular complexity index is 761. The van der Waals surface area contributed by atoms with Gasteiger partial charge in [-0.25, -0.2) is 17.5 Å². The minimum Gasteiger partial charge on any atom is -0.392 e. The topological polar surface area (TPSA) is 92.4 Å². The first-order chi connectivity index (χ1) is 9.83. The van der Waals surface area contributed by atoms with Crippen molar-refractivity contribution in [2.45, 2.75) is 25.0 Å². The largest absolute Gasteiger partial charge is 0.392 e. The number of aryl methyl sites for hydroxylation is 1. The summed E-state index contributed by atoms with van der Waals surface area (Å²) in [5.74, 6) is -0.440. The van der Waals surface area contributed by atoms with Crippen molar-refractivity contribution in [3.05, 3.63) is 45.5 Å². The number of rotatable bonds is 5. The van der Waals surface area contributed by atoms with E-state index in [1.165, 1.54) is 6.07 Å². The molecule has 21 heavy (non-hydrogen) atoms. The van der Waals surface area contributed by atoms with Gasteiger partial charge in [0.05, 0.1) is 18.8 Å². The maximum atomic E-state index is 14.0. The van der Waals surface area contributed by atoms with Gasteiger partial charge in [0.2, 0.25) is 10.0 Å². The fourth-order valence-corrected chi connectivity index (χ4v) is 3.48. The lowest BCUT2D eigenvalue weighted by Gasteiger charge is -2.09. The van der Waals surface area contributed by atoms with E-state index in [0.717, 1.165) is 6.07 Å². The van der Waals surface area contributed by atoms with Gasteiger partial charge in [0.15, 0.2) is 0 Å². The number of hydrogen-bond donors (Lipinski definition) is 2. The Morgan fingerprint density at radius 3 is 2.71 bits per heavy atom. The number of aliphatic hydroxyl groups excluding tert-OH is 1. The molecule has 0 spiro atoms. The molecule has 0 unspecified atom stereocenters. The molecule has 0 radical (unpaired) electrons. The van der Waals surface area contributed by atoms with Crippen LogP contribution in [0.4, 0.5) is 4.39 Å². The van der Waals surface area contributed by atoms with Crippen LogP contribution < -0.4 is 4.72 Å². The Balaban J connectivity index is 2.29. The Hall–Kier alpha value is -1.29. The van der Waals surface area contributed by atoms with Gasteiger partial charge in [-0.3, -0.25) is 0 Å². The lowest BCUT2D eigenvalue weighted by molar-refractivity contribution is 0.274. The van der Waals surface area contributed by atoms with Gasteiger partial charge in [-0.15, -0.1) is 0 Å². The van der Waals surface area contributed by atoms with Gasteiger partial charge >= 0.3 is 0 Å². The lowest BCUT2D eigenvalue weighted by atomic mass is 10.2. The predicted octanol–water partition coefficient (Wildman–Crippen LogP) is 1.86. The van der Waals surface area contributed by atoms with E-state index < -0.39 is 27.3 Å². The van der Waals surface area contributed by atoms with E-state index in [2.05, 4.69) is 25.8 Å². The normalized spacial score (nSPS) is 11.8. The van der Waals surface area contributed by atoms with Gasteiger partial charge in [-0.2, -0.15) is 0 Å². The number of benzene rings is 1. The highest BCUT2D eigenvalue weighted by atomic mass is 79.9. The van der Waals surface area contributed by atoms with Crippen LogP contribution >= 0.6 is 15.9 Å². The molecule has 0 fully saturated rings. The SMILES string of the molecule is Cc1cc(CNS(=O)(=O)c2cc(Br)cc(CO)c2F)no1. The third-order valence-electron chi connectivity index (χ3n) is 2.66. The monoisotopic (exact) mass is 378 g/mol. The van der Waals surface area contributed by atoms with Crippen LogP contribution in [0.25, 0.3) is 0 Å². The number of aromatic nitrogens is 1. The highest BCUT2D eigenvalue weighted by Crippen LogP contribution is 2.24. The average molecular weight is 379 g/mol. The van der Waals surface area contributed by atoms with Gasteiger partial charge < -0.3 is 9.63 Å². The zero-order valence-corrected chi connectivity index (χ0v) is 13.3. The zero-order chi connectivity index (χ0) is 15.6. The Kier molecular flexibility index (Phi) is 4.77. The van der Waals surface area contributed by atoms with Gasteiger partial charge in [0.25, 0.3) is 0 Å². The van der Waals surface area contributed by atoms with Gasteiger partial charge in [0.1, 0.15) is 16.5 Å². The summed E-state index contributed by atoms with van der Waals surface area (Å²) in [6.07, 6.45) is 0. The molecular weight excluding hydrogens is 367 g/mol. The van der Waals surface area contributed by atoms with Crippen molar-refractivity contribution in [3.63, 3.8) is 0 Å². The summed E-state index contributed by atoms with van der Waals surface area (Å²) in [4.78, 5) is -0.541. The van der Waals surface area contributed by atoms with Gasteiger partial charge in [-0.1, -0.05) is 21.1 Å². The maximum absolute atomic E-state index is 14.0. The predicted molar refractivity (Wildman–Crippen MR) is 75.3 cm³/mol. The van der Waals surface area contributed by atoms with Crippen LogP contribution in [0.1, 0.15) is 17.0 Å². The van der Waals surface area contributed by atoms with Crippen molar-refractivity contribution >= 4 is 26.0 Å². The van der Waals surface area contributed by atoms with Crippen LogP contribution in [0.5, 0.6) is 0 Å². The van der Waals surface area contributed by atoms with Crippen LogP contribution in [-0.2, 0) is 23.2 Å². The fraction of sp³-hybridized carbons (Fsp3) is 0.250. The Morgan fingerprint density at radius 2 is 2.14 bits per heavy atom. The van der Waals surface area contributed by atoms with E-state index in [1.807, 2.05) is 0 Å². The molecule has 2 rings (SSSR count). The Labute approximate surface area is 129 Å². The van der Waals surface area contributed by atoms with Crippen molar-refractivity contribution < 1.29 is 22.4 Å². The first kappa shape index (κ1) is 16.1. The lowest BCUT2D eigenvalue weighted by Crippen LogP contribution is -2.24. The van der Waals surface area contributed by atoms with Crippen molar-refractivity contribution in [2.75, 3.05) is 0 Å².